The maximum atomic E-state index is 12.4. The number of carbonyl (C=O) groups is 1. The minimum Gasteiger partial charge on any atom is -0.399 e. The number of pyridine rings is 1. The zero-order valence-electron chi connectivity index (χ0n) is 13.7. The first-order valence-corrected chi connectivity index (χ1v) is 7.89. The van der Waals surface area contributed by atoms with Crippen molar-refractivity contribution in [2.24, 2.45) is 0 Å². The number of nitrogens with two attached hydrogens (primary N) is 1. The number of aromatic nitrogens is 1. The van der Waals surface area contributed by atoms with E-state index in [1.54, 1.807) is 24.5 Å². The van der Waals surface area contributed by atoms with Crippen molar-refractivity contribution < 1.29 is 4.79 Å². The fourth-order valence-electron chi connectivity index (χ4n) is 2.43. The second-order valence-electron chi connectivity index (χ2n) is 5.52. The molecule has 0 bridgehead atoms. The van der Waals surface area contributed by atoms with Gasteiger partial charge in [0.15, 0.2) is 0 Å². The summed E-state index contributed by atoms with van der Waals surface area (Å²) in [6.07, 6.45) is 4.49. The van der Waals surface area contributed by atoms with E-state index in [4.69, 9.17) is 5.73 Å². The number of hydrogen-bond donors (Lipinski definition) is 2. The number of amides is 1. The highest BCUT2D eigenvalue weighted by atomic mass is 16.2. The summed E-state index contributed by atoms with van der Waals surface area (Å²) < 4.78 is 0. The maximum Gasteiger partial charge on any atom is 0.241 e. The minimum absolute atomic E-state index is 0.00801. The van der Waals surface area contributed by atoms with E-state index < -0.39 is 0 Å². The largest absolute Gasteiger partial charge is 0.399 e. The molecule has 122 valence electrons. The van der Waals surface area contributed by atoms with Crippen molar-refractivity contribution >= 4 is 17.3 Å². The van der Waals surface area contributed by atoms with E-state index in [0.29, 0.717) is 5.69 Å². The summed E-state index contributed by atoms with van der Waals surface area (Å²) in [5, 5.41) is 2.94. The van der Waals surface area contributed by atoms with Crippen molar-refractivity contribution in [2.75, 3.05) is 24.1 Å². The average molecular weight is 312 g/mol. The molecular formula is C18H24N4O. The van der Waals surface area contributed by atoms with Gasteiger partial charge in [0, 0.05) is 30.3 Å². The van der Waals surface area contributed by atoms with Crippen LogP contribution in [0.2, 0.25) is 0 Å². The lowest BCUT2D eigenvalue weighted by atomic mass is 10.1. The second-order valence-corrected chi connectivity index (χ2v) is 5.52. The van der Waals surface area contributed by atoms with Crippen LogP contribution in [0.25, 0.3) is 0 Å². The van der Waals surface area contributed by atoms with Crippen molar-refractivity contribution in [1.29, 1.82) is 0 Å². The van der Waals surface area contributed by atoms with Crippen LogP contribution in [0.3, 0.4) is 0 Å². The van der Waals surface area contributed by atoms with Gasteiger partial charge >= 0.3 is 0 Å². The lowest BCUT2D eigenvalue weighted by Gasteiger charge is -2.27. The third-order valence-electron chi connectivity index (χ3n) is 3.95. The summed E-state index contributed by atoms with van der Waals surface area (Å²) in [6, 6.07) is 11.0. The number of nitrogens with zero attached hydrogens (tertiary/aromatic N) is 2. The summed E-state index contributed by atoms with van der Waals surface area (Å²) in [4.78, 5) is 18.6. The Morgan fingerprint density at radius 2 is 1.87 bits per heavy atom. The normalized spacial score (nSPS) is 12.1. The quantitative estimate of drug-likeness (QED) is 0.771. The molecular weight excluding hydrogens is 288 g/mol. The Bertz CT molecular complexity index is 613. The number of likely N-dealkylation sites (N-methyl/N-ethyl adjacent to an activating group) is 1. The Morgan fingerprint density at radius 1 is 1.22 bits per heavy atom. The second kappa shape index (κ2) is 8.29. The third-order valence-corrected chi connectivity index (χ3v) is 3.95. The summed E-state index contributed by atoms with van der Waals surface area (Å²) in [7, 11) is 0. The first-order chi connectivity index (χ1) is 11.1. The highest BCUT2D eigenvalue weighted by Crippen LogP contribution is 2.12. The molecule has 1 unspecified atom stereocenters. The highest BCUT2D eigenvalue weighted by Gasteiger charge is 2.19. The first-order valence-electron chi connectivity index (χ1n) is 7.89. The zero-order chi connectivity index (χ0) is 16.7. The monoisotopic (exact) mass is 312 g/mol. The molecule has 0 aliphatic heterocycles. The third kappa shape index (κ3) is 5.07. The van der Waals surface area contributed by atoms with Gasteiger partial charge in [-0.25, -0.2) is 0 Å². The number of anilines is 2. The molecule has 2 aromatic rings. The maximum absolute atomic E-state index is 12.4. The van der Waals surface area contributed by atoms with Gasteiger partial charge in [0.05, 0.1) is 6.04 Å². The number of hydrogen-bond acceptors (Lipinski definition) is 4. The number of carbonyl (C=O) groups excluding carboxylic acids is 1. The number of benzene rings is 1. The molecule has 1 aromatic heterocycles. The van der Waals surface area contributed by atoms with E-state index in [0.717, 1.165) is 25.2 Å². The van der Waals surface area contributed by atoms with E-state index in [-0.39, 0.29) is 11.9 Å². The number of rotatable bonds is 7. The fraction of sp³-hybridized carbons (Fsp3) is 0.333. The molecule has 0 saturated heterocycles. The molecule has 5 heteroatoms. The van der Waals surface area contributed by atoms with Gasteiger partial charge < -0.3 is 11.1 Å². The van der Waals surface area contributed by atoms with Gasteiger partial charge in [-0.05, 0) is 61.9 Å². The van der Waals surface area contributed by atoms with E-state index in [1.165, 1.54) is 5.56 Å². The topological polar surface area (TPSA) is 71.2 Å². The summed E-state index contributed by atoms with van der Waals surface area (Å²) in [5.41, 5.74) is 8.33. The molecule has 0 radical (unpaired) electrons. The molecule has 1 aromatic carbocycles. The average Bonchev–Trinajstić information content (AvgIpc) is 2.58. The molecule has 2 rings (SSSR count). The van der Waals surface area contributed by atoms with Gasteiger partial charge in [-0.3, -0.25) is 14.7 Å². The number of nitrogen functional groups attached to an aromatic ring is 1. The summed E-state index contributed by atoms with van der Waals surface area (Å²) in [6.45, 7) is 5.65. The van der Waals surface area contributed by atoms with Crippen LogP contribution in [0.15, 0.2) is 48.8 Å². The molecule has 0 saturated carbocycles. The first kappa shape index (κ1) is 17.0. The Morgan fingerprint density at radius 3 is 2.48 bits per heavy atom. The van der Waals surface area contributed by atoms with Crippen LogP contribution in [0.4, 0.5) is 11.4 Å². The molecule has 0 aliphatic carbocycles. The van der Waals surface area contributed by atoms with E-state index in [1.807, 2.05) is 31.2 Å². The molecule has 0 fully saturated rings. The molecule has 0 aliphatic rings. The molecule has 1 atom stereocenters. The molecule has 3 N–H and O–H groups in total. The molecule has 23 heavy (non-hydrogen) atoms. The van der Waals surface area contributed by atoms with Crippen LogP contribution >= 0.6 is 0 Å². The van der Waals surface area contributed by atoms with Gasteiger partial charge in [-0.15, -0.1) is 0 Å². The Hall–Kier alpha value is -2.40. The highest BCUT2D eigenvalue weighted by molar-refractivity contribution is 5.94. The molecule has 1 heterocycles. The number of nitrogens with one attached hydrogen (secondary N) is 1. The fourth-order valence-corrected chi connectivity index (χ4v) is 2.43. The SMILES string of the molecule is CCN(CCc1ccncc1)C(C)C(=O)Nc1ccc(N)cc1. The van der Waals surface area contributed by atoms with Gasteiger partial charge in [0.25, 0.3) is 0 Å². The predicted molar refractivity (Wildman–Crippen MR) is 94.1 cm³/mol. The van der Waals surface area contributed by atoms with Crippen molar-refractivity contribution in [3.63, 3.8) is 0 Å². The van der Waals surface area contributed by atoms with Crippen LogP contribution in [0.1, 0.15) is 19.4 Å². The van der Waals surface area contributed by atoms with Gasteiger partial charge in [0.2, 0.25) is 5.91 Å². The van der Waals surface area contributed by atoms with Crippen LogP contribution < -0.4 is 11.1 Å². The lowest BCUT2D eigenvalue weighted by molar-refractivity contribution is -0.120. The smallest absolute Gasteiger partial charge is 0.241 e. The summed E-state index contributed by atoms with van der Waals surface area (Å²) in [5.74, 6) is -0.00801. The molecule has 5 nitrogen and oxygen atoms in total. The zero-order valence-corrected chi connectivity index (χ0v) is 13.7. The van der Waals surface area contributed by atoms with Crippen LogP contribution in [-0.2, 0) is 11.2 Å². The lowest BCUT2D eigenvalue weighted by Crippen LogP contribution is -2.43. The molecule has 1 amide bonds. The summed E-state index contributed by atoms with van der Waals surface area (Å²) >= 11 is 0. The van der Waals surface area contributed by atoms with Crippen LogP contribution in [-0.4, -0.2) is 34.9 Å². The van der Waals surface area contributed by atoms with E-state index in [2.05, 4.69) is 22.1 Å². The van der Waals surface area contributed by atoms with E-state index in [9.17, 15) is 4.79 Å². The Balaban J connectivity index is 1.91. The van der Waals surface area contributed by atoms with Crippen molar-refractivity contribution in [3.8, 4) is 0 Å². The minimum atomic E-state index is -0.195. The van der Waals surface area contributed by atoms with Crippen LogP contribution in [0.5, 0.6) is 0 Å². The van der Waals surface area contributed by atoms with Crippen LogP contribution in [0, 0.1) is 0 Å². The van der Waals surface area contributed by atoms with Crippen molar-refractivity contribution in [3.05, 3.63) is 54.4 Å². The van der Waals surface area contributed by atoms with Crippen molar-refractivity contribution in [1.82, 2.24) is 9.88 Å². The predicted octanol–water partition coefficient (Wildman–Crippen LogP) is 2.56. The van der Waals surface area contributed by atoms with Gasteiger partial charge in [0.1, 0.15) is 0 Å². The van der Waals surface area contributed by atoms with Gasteiger partial charge in [-0.2, -0.15) is 0 Å². The van der Waals surface area contributed by atoms with Gasteiger partial charge in [-0.1, -0.05) is 6.92 Å². The van der Waals surface area contributed by atoms with E-state index >= 15 is 0 Å². The van der Waals surface area contributed by atoms with Crippen molar-refractivity contribution in [2.45, 2.75) is 26.3 Å². The standard InChI is InChI=1S/C18H24N4O/c1-3-22(13-10-15-8-11-20-12-9-15)14(2)18(23)21-17-6-4-16(19)5-7-17/h4-9,11-12,14H,3,10,13,19H2,1-2H3,(H,21,23). The Labute approximate surface area is 137 Å². The molecule has 0 spiro atoms. The Kier molecular flexibility index (Phi) is 6.11.